The lowest BCUT2D eigenvalue weighted by molar-refractivity contribution is 0.595. The summed E-state index contributed by atoms with van der Waals surface area (Å²) in [6.45, 7) is 2.00. The smallest absolute Gasteiger partial charge is 0.279 e. The minimum atomic E-state index is -3.73. The van der Waals surface area contributed by atoms with Gasteiger partial charge in [0.2, 0.25) is 0 Å². The normalized spacial score (nSPS) is 11.7. The summed E-state index contributed by atoms with van der Waals surface area (Å²) in [5.41, 5.74) is 7.06. The fourth-order valence-electron chi connectivity index (χ4n) is 1.75. The second-order valence-corrected chi connectivity index (χ2v) is 5.67. The van der Waals surface area contributed by atoms with Gasteiger partial charge in [-0.05, 0) is 6.42 Å². The van der Waals surface area contributed by atoms with Gasteiger partial charge in [0.1, 0.15) is 0 Å². The molecule has 8 nitrogen and oxygen atoms in total. The first-order valence-corrected chi connectivity index (χ1v) is 7.24. The van der Waals surface area contributed by atoms with Crippen LogP contribution in [0.25, 0.3) is 0 Å². The lowest BCUT2D eigenvalue weighted by Gasteiger charge is -2.06. The Morgan fingerprint density at radius 3 is 2.89 bits per heavy atom. The fraction of sp³-hybridized carbons (Fsp3) is 0.400. The van der Waals surface area contributed by atoms with Gasteiger partial charge in [-0.15, -0.1) is 0 Å². The van der Waals surface area contributed by atoms with Crippen LogP contribution in [0.1, 0.15) is 18.2 Å². The Balaban J connectivity index is 2.36. The van der Waals surface area contributed by atoms with Crippen LogP contribution in [0, 0.1) is 0 Å². The molecule has 0 saturated heterocycles. The van der Waals surface area contributed by atoms with E-state index in [0.717, 1.165) is 0 Å². The molecule has 4 N–H and O–H groups in total. The van der Waals surface area contributed by atoms with Gasteiger partial charge in [-0.1, -0.05) is 6.92 Å². The van der Waals surface area contributed by atoms with Crippen LogP contribution >= 0.6 is 0 Å². The minimum Gasteiger partial charge on any atom is -0.326 e. The Morgan fingerprint density at radius 1 is 1.53 bits per heavy atom. The average Bonchev–Trinajstić information content (AvgIpc) is 2.95. The lowest BCUT2D eigenvalue weighted by Crippen LogP contribution is -2.16. The SMILES string of the molecule is CCc1nn(C)cc1NS(=O)(=O)c1[nH]ncc1CN. The number of aryl methyl sites for hydroxylation is 2. The highest BCUT2D eigenvalue weighted by molar-refractivity contribution is 7.92. The Labute approximate surface area is 111 Å². The zero-order valence-corrected chi connectivity index (χ0v) is 11.5. The van der Waals surface area contributed by atoms with Crippen molar-refractivity contribution in [1.29, 1.82) is 0 Å². The van der Waals surface area contributed by atoms with Gasteiger partial charge in [-0.3, -0.25) is 14.5 Å². The van der Waals surface area contributed by atoms with Gasteiger partial charge in [0.15, 0.2) is 5.03 Å². The number of sulfonamides is 1. The van der Waals surface area contributed by atoms with Crippen molar-refractivity contribution in [2.24, 2.45) is 12.8 Å². The van der Waals surface area contributed by atoms with E-state index in [9.17, 15) is 8.42 Å². The van der Waals surface area contributed by atoms with E-state index < -0.39 is 10.0 Å². The van der Waals surface area contributed by atoms with Gasteiger partial charge in [-0.2, -0.15) is 18.6 Å². The molecule has 0 aromatic carbocycles. The number of nitrogens with zero attached hydrogens (tertiary/aromatic N) is 3. The molecule has 0 radical (unpaired) electrons. The van der Waals surface area contributed by atoms with Crippen LogP contribution < -0.4 is 10.5 Å². The molecular formula is C10H16N6O2S. The highest BCUT2D eigenvalue weighted by atomic mass is 32.2. The summed E-state index contributed by atoms with van der Waals surface area (Å²) in [6.07, 6.45) is 3.65. The molecule has 0 aliphatic heterocycles. The van der Waals surface area contributed by atoms with Crippen LogP contribution in [0.2, 0.25) is 0 Å². The van der Waals surface area contributed by atoms with Crippen LogP contribution in [0.4, 0.5) is 5.69 Å². The van der Waals surface area contributed by atoms with Gasteiger partial charge in [-0.25, -0.2) is 0 Å². The minimum absolute atomic E-state index is 0.0130. The monoisotopic (exact) mass is 284 g/mol. The standard InChI is InChI=1S/C10H16N6O2S/c1-3-8-9(6-16(2)14-8)15-19(17,18)10-7(4-11)5-12-13-10/h5-6,15H,3-4,11H2,1-2H3,(H,12,13). The van der Waals surface area contributed by atoms with E-state index >= 15 is 0 Å². The van der Waals surface area contributed by atoms with Crippen LogP contribution in [-0.4, -0.2) is 28.4 Å². The first-order valence-electron chi connectivity index (χ1n) is 5.75. The van der Waals surface area contributed by atoms with E-state index in [2.05, 4.69) is 20.0 Å². The number of anilines is 1. The Hall–Kier alpha value is -1.87. The molecule has 0 bridgehead atoms. The van der Waals surface area contributed by atoms with E-state index in [1.54, 1.807) is 17.9 Å². The third kappa shape index (κ3) is 2.61. The maximum Gasteiger partial charge on any atom is 0.279 e. The number of H-pyrrole nitrogens is 1. The Bertz CT molecular complexity index is 672. The van der Waals surface area contributed by atoms with Crippen molar-refractivity contribution in [2.75, 3.05) is 4.72 Å². The van der Waals surface area contributed by atoms with Crippen LogP contribution in [0.15, 0.2) is 17.4 Å². The number of nitrogens with two attached hydrogens (primary N) is 1. The molecule has 19 heavy (non-hydrogen) atoms. The Morgan fingerprint density at radius 2 is 2.26 bits per heavy atom. The summed E-state index contributed by atoms with van der Waals surface area (Å²) in [6, 6.07) is 0. The van der Waals surface area contributed by atoms with Crippen LogP contribution in [0.5, 0.6) is 0 Å². The summed E-state index contributed by atoms with van der Waals surface area (Å²) >= 11 is 0. The second kappa shape index (κ2) is 5.02. The highest BCUT2D eigenvalue weighted by Crippen LogP contribution is 2.20. The first kappa shape index (κ1) is 13.6. The molecule has 0 spiro atoms. The number of rotatable bonds is 5. The summed E-state index contributed by atoms with van der Waals surface area (Å²) < 4.78 is 28.6. The fourth-order valence-corrected chi connectivity index (χ4v) is 2.97. The predicted molar refractivity (Wildman–Crippen MR) is 69.9 cm³/mol. The predicted octanol–water partition coefficient (Wildman–Crippen LogP) is -0.0349. The van der Waals surface area contributed by atoms with E-state index in [1.165, 1.54) is 6.20 Å². The molecule has 0 atom stereocenters. The van der Waals surface area contributed by atoms with Crippen molar-refractivity contribution >= 4 is 15.7 Å². The largest absolute Gasteiger partial charge is 0.326 e. The third-order valence-corrected chi connectivity index (χ3v) is 4.03. The van der Waals surface area contributed by atoms with Gasteiger partial charge >= 0.3 is 0 Å². The molecule has 2 heterocycles. The van der Waals surface area contributed by atoms with Crippen LogP contribution in [0.3, 0.4) is 0 Å². The molecule has 2 rings (SSSR count). The molecule has 2 aromatic heterocycles. The maximum atomic E-state index is 12.2. The molecule has 0 aliphatic carbocycles. The molecule has 0 amide bonds. The van der Waals surface area contributed by atoms with Crippen molar-refractivity contribution < 1.29 is 8.42 Å². The van der Waals surface area contributed by atoms with Gasteiger partial charge in [0.25, 0.3) is 10.0 Å². The van der Waals surface area contributed by atoms with Crippen LogP contribution in [-0.2, 0) is 30.0 Å². The molecular weight excluding hydrogens is 268 g/mol. The molecule has 2 aromatic rings. The quantitative estimate of drug-likeness (QED) is 0.712. The maximum absolute atomic E-state index is 12.2. The topological polar surface area (TPSA) is 119 Å². The molecule has 0 aliphatic rings. The molecule has 9 heteroatoms. The summed E-state index contributed by atoms with van der Waals surface area (Å²) in [5.74, 6) is 0. The van der Waals surface area contributed by atoms with Gasteiger partial charge in [0, 0.05) is 25.4 Å². The van der Waals surface area contributed by atoms with E-state index in [1.807, 2.05) is 6.92 Å². The van der Waals surface area contributed by atoms with Crippen molar-refractivity contribution in [3.05, 3.63) is 23.7 Å². The molecule has 0 fully saturated rings. The van der Waals surface area contributed by atoms with E-state index in [-0.39, 0.29) is 11.6 Å². The average molecular weight is 284 g/mol. The number of hydrogen-bond donors (Lipinski definition) is 3. The first-order chi connectivity index (χ1) is 8.97. The zero-order chi connectivity index (χ0) is 14.0. The summed E-state index contributed by atoms with van der Waals surface area (Å²) in [5, 5.41) is 10.3. The second-order valence-electron chi connectivity index (χ2n) is 4.05. The molecule has 0 saturated carbocycles. The number of aromatic amines is 1. The number of hydrogen-bond acceptors (Lipinski definition) is 5. The number of aromatic nitrogens is 4. The zero-order valence-electron chi connectivity index (χ0n) is 10.7. The van der Waals surface area contributed by atoms with Gasteiger partial charge < -0.3 is 5.73 Å². The molecule has 104 valence electrons. The van der Waals surface area contributed by atoms with Crippen molar-refractivity contribution in [3.8, 4) is 0 Å². The Kier molecular flexibility index (Phi) is 3.58. The van der Waals surface area contributed by atoms with Crippen molar-refractivity contribution in [3.63, 3.8) is 0 Å². The molecule has 0 unspecified atom stereocenters. The van der Waals surface area contributed by atoms with E-state index in [0.29, 0.717) is 23.4 Å². The summed E-state index contributed by atoms with van der Waals surface area (Å²) in [7, 11) is -2.00. The van der Waals surface area contributed by atoms with E-state index in [4.69, 9.17) is 5.73 Å². The van der Waals surface area contributed by atoms with Gasteiger partial charge in [0.05, 0.1) is 17.6 Å². The van der Waals surface area contributed by atoms with Crippen molar-refractivity contribution in [1.82, 2.24) is 20.0 Å². The van der Waals surface area contributed by atoms with Crippen molar-refractivity contribution in [2.45, 2.75) is 24.9 Å². The summed E-state index contributed by atoms with van der Waals surface area (Å²) in [4.78, 5) is 0. The number of nitrogens with one attached hydrogen (secondary N) is 2. The lowest BCUT2D eigenvalue weighted by atomic mass is 10.3. The highest BCUT2D eigenvalue weighted by Gasteiger charge is 2.22. The third-order valence-electron chi connectivity index (χ3n) is 2.65.